The van der Waals surface area contributed by atoms with E-state index in [9.17, 15) is 0 Å². The van der Waals surface area contributed by atoms with E-state index in [2.05, 4.69) is 80.7 Å². The van der Waals surface area contributed by atoms with Gasteiger partial charge in [-0.2, -0.15) is 0 Å². The number of hydrogen-bond donors (Lipinski definition) is 1. The van der Waals surface area contributed by atoms with Gasteiger partial charge < -0.3 is 10.2 Å². The summed E-state index contributed by atoms with van der Waals surface area (Å²) in [7, 11) is 0. The number of thiocarbonyl (C=S) groups is 1. The first-order valence-electron chi connectivity index (χ1n) is 8.82. The fourth-order valence-corrected chi connectivity index (χ4v) is 4.66. The van der Waals surface area contributed by atoms with Crippen LogP contribution >= 0.6 is 28.1 Å². The second-order valence-corrected chi connectivity index (χ2v) is 7.90. The standard InChI is InChI=1S/C21H21BrN2S/c22-18-12-6-4-10-16(18)20-17-11-5-7-13-19(17)24(21(25)23-20)14-15-8-2-1-3-9-15/h1-4,6,8-10,12,20H,5,7,11,13-14H2,(H,23,25)/t20-/m0/s1. The second kappa shape index (κ2) is 7.30. The second-order valence-electron chi connectivity index (χ2n) is 6.65. The summed E-state index contributed by atoms with van der Waals surface area (Å²) >= 11 is 9.50. The molecule has 4 heteroatoms. The summed E-state index contributed by atoms with van der Waals surface area (Å²) in [5.41, 5.74) is 5.50. The number of hydrogen-bond acceptors (Lipinski definition) is 1. The molecule has 0 radical (unpaired) electrons. The third-order valence-corrected chi connectivity index (χ3v) is 6.13. The zero-order chi connectivity index (χ0) is 17.2. The first-order chi connectivity index (χ1) is 12.2. The molecule has 1 atom stereocenters. The van der Waals surface area contributed by atoms with Gasteiger partial charge in [0.1, 0.15) is 0 Å². The van der Waals surface area contributed by atoms with E-state index in [1.54, 1.807) is 0 Å². The maximum Gasteiger partial charge on any atom is 0.174 e. The third-order valence-electron chi connectivity index (χ3n) is 5.07. The number of benzene rings is 2. The zero-order valence-electron chi connectivity index (χ0n) is 14.0. The van der Waals surface area contributed by atoms with Gasteiger partial charge in [-0.15, -0.1) is 0 Å². The Morgan fingerprint density at radius 3 is 2.52 bits per heavy atom. The van der Waals surface area contributed by atoms with Gasteiger partial charge in [-0.3, -0.25) is 0 Å². The lowest BCUT2D eigenvalue weighted by Crippen LogP contribution is -2.47. The molecule has 4 rings (SSSR count). The van der Waals surface area contributed by atoms with Gasteiger partial charge in [-0.05, 0) is 60.7 Å². The van der Waals surface area contributed by atoms with Gasteiger partial charge in [0, 0.05) is 16.7 Å². The smallest absolute Gasteiger partial charge is 0.174 e. The summed E-state index contributed by atoms with van der Waals surface area (Å²) in [6, 6.07) is 19.2. The SMILES string of the molecule is S=C1N[C@@H](c2ccccc2Br)C2=C(CCCC2)N1Cc1ccccc1. The summed E-state index contributed by atoms with van der Waals surface area (Å²) in [6.45, 7) is 0.841. The highest BCUT2D eigenvalue weighted by molar-refractivity contribution is 9.10. The van der Waals surface area contributed by atoms with Crippen molar-refractivity contribution in [2.45, 2.75) is 38.3 Å². The van der Waals surface area contributed by atoms with E-state index in [1.165, 1.54) is 35.2 Å². The van der Waals surface area contributed by atoms with Crippen LogP contribution in [-0.4, -0.2) is 10.0 Å². The fraction of sp³-hybridized carbons (Fsp3) is 0.286. The van der Waals surface area contributed by atoms with Gasteiger partial charge in [-0.1, -0.05) is 64.5 Å². The Labute approximate surface area is 163 Å². The van der Waals surface area contributed by atoms with Gasteiger partial charge in [0.25, 0.3) is 0 Å². The lowest BCUT2D eigenvalue weighted by molar-refractivity contribution is 0.398. The number of nitrogens with one attached hydrogen (secondary N) is 1. The molecule has 2 nitrogen and oxygen atoms in total. The Bertz CT molecular complexity index is 816. The van der Waals surface area contributed by atoms with Gasteiger partial charge in [-0.25, -0.2) is 0 Å². The molecule has 0 bridgehead atoms. The predicted molar refractivity (Wildman–Crippen MR) is 110 cm³/mol. The van der Waals surface area contributed by atoms with Crippen molar-refractivity contribution in [3.05, 3.63) is 81.5 Å². The zero-order valence-corrected chi connectivity index (χ0v) is 16.4. The lowest BCUT2D eigenvalue weighted by atomic mass is 9.85. The molecule has 1 aliphatic carbocycles. The van der Waals surface area contributed by atoms with E-state index in [0.717, 1.165) is 29.0 Å². The molecule has 2 aromatic rings. The lowest BCUT2D eigenvalue weighted by Gasteiger charge is -2.42. The van der Waals surface area contributed by atoms with Crippen LogP contribution in [-0.2, 0) is 6.54 Å². The highest BCUT2D eigenvalue weighted by atomic mass is 79.9. The largest absolute Gasteiger partial charge is 0.352 e. The minimum absolute atomic E-state index is 0.186. The van der Waals surface area contributed by atoms with Crippen LogP contribution in [0.3, 0.4) is 0 Å². The molecule has 0 amide bonds. The highest BCUT2D eigenvalue weighted by Gasteiger charge is 2.33. The van der Waals surface area contributed by atoms with Crippen molar-refractivity contribution >= 4 is 33.3 Å². The Hall–Kier alpha value is -1.65. The van der Waals surface area contributed by atoms with Crippen molar-refractivity contribution in [3.8, 4) is 0 Å². The predicted octanol–water partition coefficient (Wildman–Crippen LogP) is 5.71. The van der Waals surface area contributed by atoms with Gasteiger partial charge in [0.05, 0.1) is 6.04 Å². The summed E-state index contributed by atoms with van der Waals surface area (Å²) in [6.07, 6.45) is 4.76. The van der Waals surface area contributed by atoms with E-state index < -0.39 is 0 Å². The summed E-state index contributed by atoms with van der Waals surface area (Å²) in [5.74, 6) is 0. The summed E-state index contributed by atoms with van der Waals surface area (Å²) < 4.78 is 1.14. The van der Waals surface area contributed by atoms with E-state index in [4.69, 9.17) is 12.2 Å². The van der Waals surface area contributed by atoms with Crippen LogP contribution in [0.25, 0.3) is 0 Å². The molecule has 0 spiro atoms. The van der Waals surface area contributed by atoms with Crippen LogP contribution in [0.5, 0.6) is 0 Å². The first kappa shape index (κ1) is 16.8. The van der Waals surface area contributed by atoms with Crippen molar-refractivity contribution in [2.75, 3.05) is 0 Å². The molecule has 0 saturated carbocycles. The van der Waals surface area contributed by atoms with Crippen molar-refractivity contribution in [2.24, 2.45) is 0 Å². The Morgan fingerprint density at radius 1 is 1.00 bits per heavy atom. The first-order valence-corrected chi connectivity index (χ1v) is 10.0. The summed E-state index contributed by atoms with van der Waals surface area (Å²) in [5, 5.41) is 4.45. The number of allylic oxidation sites excluding steroid dienone is 1. The molecule has 2 aromatic carbocycles. The Balaban J connectivity index is 1.73. The minimum atomic E-state index is 0.186. The minimum Gasteiger partial charge on any atom is -0.352 e. The average Bonchev–Trinajstić information content (AvgIpc) is 2.65. The maximum atomic E-state index is 5.78. The molecule has 1 heterocycles. The third kappa shape index (κ3) is 3.38. The molecule has 1 N–H and O–H groups in total. The molecule has 0 aromatic heterocycles. The fourth-order valence-electron chi connectivity index (χ4n) is 3.85. The number of rotatable bonds is 3. The summed E-state index contributed by atoms with van der Waals surface area (Å²) in [4.78, 5) is 2.31. The maximum absolute atomic E-state index is 5.78. The molecule has 1 aliphatic heterocycles. The van der Waals surface area contributed by atoms with Crippen molar-refractivity contribution < 1.29 is 0 Å². The monoisotopic (exact) mass is 412 g/mol. The Morgan fingerprint density at radius 2 is 1.72 bits per heavy atom. The van der Waals surface area contributed by atoms with E-state index in [0.29, 0.717) is 0 Å². The number of nitrogens with zero attached hydrogens (tertiary/aromatic N) is 1. The topological polar surface area (TPSA) is 15.3 Å². The van der Waals surface area contributed by atoms with Crippen LogP contribution in [0.1, 0.15) is 42.9 Å². The Kier molecular flexibility index (Phi) is 4.91. The van der Waals surface area contributed by atoms with Crippen molar-refractivity contribution in [3.63, 3.8) is 0 Å². The molecule has 2 aliphatic rings. The molecule has 0 fully saturated rings. The van der Waals surface area contributed by atoms with E-state index >= 15 is 0 Å². The molecule has 128 valence electrons. The van der Waals surface area contributed by atoms with Crippen molar-refractivity contribution in [1.82, 2.24) is 10.2 Å². The van der Waals surface area contributed by atoms with Gasteiger partial charge in [0.2, 0.25) is 0 Å². The van der Waals surface area contributed by atoms with Crippen LogP contribution in [0.2, 0.25) is 0 Å². The van der Waals surface area contributed by atoms with Crippen LogP contribution in [0.4, 0.5) is 0 Å². The molecule has 0 saturated heterocycles. The van der Waals surface area contributed by atoms with Crippen LogP contribution in [0.15, 0.2) is 70.3 Å². The van der Waals surface area contributed by atoms with Gasteiger partial charge >= 0.3 is 0 Å². The highest BCUT2D eigenvalue weighted by Crippen LogP contribution is 2.41. The quantitative estimate of drug-likeness (QED) is 0.649. The molecular formula is C21H21BrN2S. The molecule has 25 heavy (non-hydrogen) atoms. The van der Waals surface area contributed by atoms with Crippen LogP contribution < -0.4 is 5.32 Å². The van der Waals surface area contributed by atoms with Gasteiger partial charge in [0.15, 0.2) is 5.11 Å². The number of halogens is 1. The van der Waals surface area contributed by atoms with Crippen molar-refractivity contribution in [1.29, 1.82) is 0 Å². The van der Waals surface area contributed by atoms with E-state index in [-0.39, 0.29) is 6.04 Å². The molecular weight excluding hydrogens is 392 g/mol. The van der Waals surface area contributed by atoms with E-state index in [1.807, 2.05) is 0 Å². The average molecular weight is 413 g/mol. The normalized spacial score (nSPS) is 20.3. The van der Waals surface area contributed by atoms with Crippen LogP contribution in [0, 0.1) is 0 Å². The molecule has 0 unspecified atom stereocenters.